The Morgan fingerprint density at radius 2 is 1.77 bits per heavy atom. The van der Waals surface area contributed by atoms with Crippen LogP contribution in [-0.4, -0.2) is 37.0 Å². The summed E-state index contributed by atoms with van der Waals surface area (Å²) in [4.78, 5) is 15.7. The minimum Gasteiger partial charge on any atom is -0.328 e. The maximum absolute atomic E-state index is 13.2. The summed E-state index contributed by atoms with van der Waals surface area (Å²) in [6.45, 7) is 4.28. The monoisotopic (exact) mass is 299 g/mol. The first kappa shape index (κ1) is 14.7. The zero-order chi connectivity index (χ0) is 15.4. The normalized spacial score (nSPS) is 15.8. The molecule has 0 bridgehead atoms. The minimum atomic E-state index is -0.362. The van der Waals surface area contributed by atoms with Gasteiger partial charge in [-0.1, -0.05) is 36.4 Å². The van der Waals surface area contributed by atoms with Gasteiger partial charge in [0.25, 0.3) is 5.91 Å². The summed E-state index contributed by atoms with van der Waals surface area (Å²) >= 11 is 0. The molecule has 2 aromatic rings. The molecule has 1 fully saturated rings. The van der Waals surface area contributed by atoms with Crippen LogP contribution in [0, 0.1) is 5.82 Å². The largest absolute Gasteiger partial charge is 0.328 e. The molecular formula is C18H20FN2O+. The third-order valence-electron chi connectivity index (χ3n) is 4.13. The zero-order valence-electron chi connectivity index (χ0n) is 12.5. The van der Waals surface area contributed by atoms with Crippen molar-refractivity contribution < 1.29 is 14.1 Å². The highest BCUT2D eigenvalue weighted by Crippen LogP contribution is 2.08. The number of nitrogens with one attached hydrogen (secondary N) is 1. The highest BCUT2D eigenvalue weighted by molar-refractivity contribution is 5.94. The Morgan fingerprint density at radius 3 is 2.45 bits per heavy atom. The molecule has 1 N–H and O–H groups in total. The van der Waals surface area contributed by atoms with E-state index in [1.807, 2.05) is 11.0 Å². The van der Waals surface area contributed by atoms with E-state index < -0.39 is 0 Å². The van der Waals surface area contributed by atoms with Crippen LogP contribution in [0.25, 0.3) is 0 Å². The van der Waals surface area contributed by atoms with E-state index in [2.05, 4.69) is 24.3 Å². The number of carbonyl (C=O) groups excluding carboxylic acids is 1. The Kier molecular flexibility index (Phi) is 4.49. The molecule has 0 unspecified atom stereocenters. The molecule has 0 atom stereocenters. The molecule has 22 heavy (non-hydrogen) atoms. The van der Waals surface area contributed by atoms with Gasteiger partial charge in [0.15, 0.2) is 0 Å². The third-order valence-corrected chi connectivity index (χ3v) is 4.13. The van der Waals surface area contributed by atoms with Crippen LogP contribution in [0.3, 0.4) is 0 Å². The minimum absolute atomic E-state index is 0.0711. The predicted octanol–water partition coefficient (Wildman–Crippen LogP) is 1.37. The van der Waals surface area contributed by atoms with Gasteiger partial charge in [0, 0.05) is 11.1 Å². The number of halogens is 1. The SMILES string of the molecule is O=C(c1cccc(F)c1)N1CC[NH+](Cc2ccccc2)CC1. The lowest BCUT2D eigenvalue weighted by Crippen LogP contribution is -3.13. The summed E-state index contributed by atoms with van der Waals surface area (Å²) in [7, 11) is 0. The number of hydrogen-bond acceptors (Lipinski definition) is 1. The summed E-state index contributed by atoms with van der Waals surface area (Å²) in [5.74, 6) is -0.433. The first-order valence-electron chi connectivity index (χ1n) is 7.65. The number of rotatable bonds is 3. The lowest BCUT2D eigenvalue weighted by molar-refractivity contribution is -0.917. The van der Waals surface area contributed by atoms with Crippen LogP contribution in [-0.2, 0) is 6.54 Å². The molecule has 0 aromatic heterocycles. The Bertz CT molecular complexity index is 637. The number of piperazine rings is 1. The smallest absolute Gasteiger partial charge is 0.254 e. The Labute approximate surface area is 130 Å². The van der Waals surface area contributed by atoms with Crippen LogP contribution in [0.2, 0.25) is 0 Å². The highest BCUT2D eigenvalue weighted by Gasteiger charge is 2.24. The van der Waals surface area contributed by atoms with Crippen molar-refractivity contribution in [2.75, 3.05) is 26.2 Å². The van der Waals surface area contributed by atoms with Gasteiger partial charge in [-0.25, -0.2) is 4.39 Å². The van der Waals surface area contributed by atoms with Crippen LogP contribution < -0.4 is 4.90 Å². The number of benzene rings is 2. The number of nitrogens with zero attached hydrogens (tertiary/aromatic N) is 1. The van der Waals surface area contributed by atoms with Crippen LogP contribution in [0.4, 0.5) is 4.39 Å². The highest BCUT2D eigenvalue weighted by atomic mass is 19.1. The van der Waals surface area contributed by atoms with E-state index in [4.69, 9.17) is 0 Å². The van der Waals surface area contributed by atoms with Crippen LogP contribution in [0.1, 0.15) is 15.9 Å². The van der Waals surface area contributed by atoms with Gasteiger partial charge in [0.2, 0.25) is 0 Å². The molecule has 0 radical (unpaired) electrons. The van der Waals surface area contributed by atoms with Crippen molar-refractivity contribution in [3.05, 3.63) is 71.5 Å². The lowest BCUT2D eigenvalue weighted by atomic mass is 10.1. The zero-order valence-corrected chi connectivity index (χ0v) is 12.5. The summed E-state index contributed by atoms with van der Waals surface area (Å²) in [6.07, 6.45) is 0. The molecule has 2 aromatic carbocycles. The molecule has 3 nitrogen and oxygen atoms in total. The number of quaternary nitrogens is 1. The first-order chi connectivity index (χ1) is 10.7. The standard InChI is InChI=1S/C18H19FN2O/c19-17-8-4-7-16(13-17)18(22)21-11-9-20(10-12-21)14-15-5-2-1-3-6-15/h1-8,13H,9-12,14H2/p+1. The van der Waals surface area contributed by atoms with Gasteiger partial charge in [0.1, 0.15) is 12.4 Å². The van der Waals surface area contributed by atoms with Gasteiger partial charge in [-0.2, -0.15) is 0 Å². The quantitative estimate of drug-likeness (QED) is 0.909. The van der Waals surface area contributed by atoms with Crippen molar-refractivity contribution >= 4 is 5.91 Å². The summed E-state index contributed by atoms with van der Waals surface area (Å²) in [5, 5.41) is 0. The number of carbonyl (C=O) groups is 1. The fraction of sp³-hybridized carbons (Fsp3) is 0.278. The molecule has 1 aliphatic heterocycles. The maximum atomic E-state index is 13.2. The predicted molar refractivity (Wildman–Crippen MR) is 83.1 cm³/mol. The molecule has 0 saturated carbocycles. The van der Waals surface area contributed by atoms with E-state index in [-0.39, 0.29) is 11.7 Å². The summed E-state index contributed by atoms with van der Waals surface area (Å²) in [6, 6.07) is 16.3. The summed E-state index contributed by atoms with van der Waals surface area (Å²) < 4.78 is 13.2. The molecule has 114 valence electrons. The van der Waals surface area contributed by atoms with Gasteiger partial charge >= 0.3 is 0 Å². The Hall–Kier alpha value is -2.20. The van der Waals surface area contributed by atoms with E-state index in [1.165, 1.54) is 22.6 Å². The van der Waals surface area contributed by atoms with Gasteiger partial charge in [0.05, 0.1) is 26.2 Å². The van der Waals surface area contributed by atoms with Crippen molar-refractivity contribution in [1.82, 2.24) is 4.90 Å². The summed E-state index contributed by atoms with van der Waals surface area (Å²) in [5.41, 5.74) is 1.76. The Morgan fingerprint density at radius 1 is 1.05 bits per heavy atom. The lowest BCUT2D eigenvalue weighted by Gasteiger charge is -2.32. The van der Waals surface area contributed by atoms with Crippen LogP contribution in [0.15, 0.2) is 54.6 Å². The van der Waals surface area contributed by atoms with E-state index in [1.54, 1.807) is 12.1 Å². The van der Waals surface area contributed by atoms with Gasteiger partial charge in [-0.05, 0) is 18.2 Å². The van der Waals surface area contributed by atoms with Crippen molar-refractivity contribution in [1.29, 1.82) is 0 Å². The molecule has 0 aliphatic carbocycles. The molecule has 1 aliphatic rings. The average Bonchev–Trinajstić information content (AvgIpc) is 2.56. The molecule has 4 heteroatoms. The van der Waals surface area contributed by atoms with Crippen LogP contribution in [0.5, 0.6) is 0 Å². The van der Waals surface area contributed by atoms with Gasteiger partial charge in [-0.3, -0.25) is 4.79 Å². The molecular weight excluding hydrogens is 279 g/mol. The molecule has 0 spiro atoms. The van der Waals surface area contributed by atoms with Crippen molar-refractivity contribution in [2.24, 2.45) is 0 Å². The van der Waals surface area contributed by atoms with Crippen LogP contribution >= 0.6 is 0 Å². The topological polar surface area (TPSA) is 24.8 Å². The molecule has 1 amide bonds. The second-order valence-electron chi connectivity index (χ2n) is 5.71. The second kappa shape index (κ2) is 6.71. The van der Waals surface area contributed by atoms with Gasteiger partial charge in [-0.15, -0.1) is 0 Å². The maximum Gasteiger partial charge on any atom is 0.254 e. The van der Waals surface area contributed by atoms with Crippen molar-refractivity contribution in [3.8, 4) is 0 Å². The van der Waals surface area contributed by atoms with Crippen molar-refractivity contribution in [2.45, 2.75) is 6.54 Å². The molecule has 3 rings (SSSR count). The fourth-order valence-corrected chi connectivity index (χ4v) is 2.89. The van der Waals surface area contributed by atoms with E-state index >= 15 is 0 Å². The Balaban J connectivity index is 1.56. The van der Waals surface area contributed by atoms with Gasteiger partial charge < -0.3 is 9.80 Å². The van der Waals surface area contributed by atoms with E-state index in [0.717, 1.165) is 32.7 Å². The molecule has 1 saturated heterocycles. The first-order valence-corrected chi connectivity index (χ1v) is 7.65. The third kappa shape index (κ3) is 3.52. The average molecular weight is 299 g/mol. The van der Waals surface area contributed by atoms with E-state index in [0.29, 0.717) is 5.56 Å². The van der Waals surface area contributed by atoms with Crippen molar-refractivity contribution in [3.63, 3.8) is 0 Å². The van der Waals surface area contributed by atoms with E-state index in [9.17, 15) is 9.18 Å². The number of hydrogen-bond donors (Lipinski definition) is 1. The number of amides is 1. The second-order valence-corrected chi connectivity index (χ2v) is 5.71. The fourth-order valence-electron chi connectivity index (χ4n) is 2.89. The molecule has 1 heterocycles.